The summed E-state index contributed by atoms with van der Waals surface area (Å²) in [7, 11) is 1.96. The van der Waals surface area contributed by atoms with Crippen molar-refractivity contribution in [3.63, 3.8) is 0 Å². The number of amides is 1. The summed E-state index contributed by atoms with van der Waals surface area (Å²) in [6, 6.07) is 1.93. The average molecular weight is 424 g/mol. The van der Waals surface area contributed by atoms with Crippen LogP contribution >= 0.6 is 0 Å². The Kier molecular flexibility index (Phi) is 6.09. The number of pyridine rings is 1. The molecule has 4 rings (SSSR count). The molecule has 8 nitrogen and oxygen atoms in total. The smallest absolute Gasteiger partial charge is 0.254 e. The van der Waals surface area contributed by atoms with Gasteiger partial charge in [-0.2, -0.15) is 10.2 Å². The average Bonchev–Trinajstić information content (AvgIpc) is 3.23. The summed E-state index contributed by atoms with van der Waals surface area (Å²) in [4.78, 5) is 22.6. The van der Waals surface area contributed by atoms with Crippen molar-refractivity contribution in [3.8, 4) is 0 Å². The van der Waals surface area contributed by atoms with Crippen LogP contribution in [0.25, 0.3) is 11.0 Å². The van der Waals surface area contributed by atoms with E-state index in [1.165, 1.54) is 5.56 Å². The van der Waals surface area contributed by atoms with Gasteiger partial charge in [-0.25, -0.2) is 9.67 Å². The zero-order valence-corrected chi connectivity index (χ0v) is 19.4. The first-order chi connectivity index (χ1) is 14.9. The topological polar surface area (TPSA) is 72.1 Å². The van der Waals surface area contributed by atoms with Gasteiger partial charge in [0.25, 0.3) is 5.91 Å². The second-order valence-corrected chi connectivity index (χ2v) is 8.65. The van der Waals surface area contributed by atoms with E-state index in [0.717, 1.165) is 85.8 Å². The number of carbonyl (C=O) groups is 1. The number of rotatable bonds is 6. The van der Waals surface area contributed by atoms with Gasteiger partial charge in [-0.15, -0.1) is 0 Å². The molecule has 0 aromatic carbocycles. The zero-order chi connectivity index (χ0) is 22.1. The van der Waals surface area contributed by atoms with Crippen molar-refractivity contribution in [2.45, 2.75) is 53.6 Å². The van der Waals surface area contributed by atoms with E-state index < -0.39 is 0 Å². The lowest BCUT2D eigenvalue weighted by Gasteiger charge is -2.34. The van der Waals surface area contributed by atoms with Gasteiger partial charge in [-0.3, -0.25) is 14.4 Å². The second-order valence-electron chi connectivity index (χ2n) is 8.65. The van der Waals surface area contributed by atoms with Crippen LogP contribution < -0.4 is 0 Å². The summed E-state index contributed by atoms with van der Waals surface area (Å²) in [6.45, 7) is 13.0. The lowest BCUT2D eigenvalue weighted by molar-refractivity contribution is 0.0630. The maximum Gasteiger partial charge on any atom is 0.254 e. The van der Waals surface area contributed by atoms with E-state index in [-0.39, 0.29) is 5.91 Å². The molecule has 0 bridgehead atoms. The highest BCUT2D eigenvalue weighted by atomic mass is 16.2. The van der Waals surface area contributed by atoms with Gasteiger partial charge in [-0.1, -0.05) is 13.3 Å². The van der Waals surface area contributed by atoms with E-state index >= 15 is 0 Å². The van der Waals surface area contributed by atoms with Crippen molar-refractivity contribution in [1.29, 1.82) is 0 Å². The highest BCUT2D eigenvalue weighted by molar-refractivity contribution is 6.06. The van der Waals surface area contributed by atoms with Gasteiger partial charge in [0.1, 0.15) is 0 Å². The van der Waals surface area contributed by atoms with Gasteiger partial charge in [-0.05, 0) is 33.3 Å². The SMILES string of the molecule is CCCCn1nc(C)c2c(C(=O)N3CCN(Cc4cn(C)nc4C)CC3)cc(C)nc21. The standard InChI is InChI=1S/C23H33N7O/c1-6-7-8-30-22-21(18(4)26-30)20(13-16(2)24-22)23(31)29-11-9-28(10-12-29)15-19-14-27(5)25-17(19)3/h13-14H,6-12,15H2,1-5H3. The number of hydrogen-bond donors (Lipinski definition) is 0. The van der Waals surface area contributed by atoms with Crippen LogP contribution in [0.2, 0.25) is 0 Å². The number of piperazine rings is 1. The minimum Gasteiger partial charge on any atom is -0.336 e. The molecule has 1 aliphatic rings. The molecule has 1 aliphatic heterocycles. The second kappa shape index (κ2) is 8.78. The predicted molar refractivity (Wildman–Crippen MR) is 121 cm³/mol. The number of hydrogen-bond acceptors (Lipinski definition) is 5. The van der Waals surface area contributed by atoms with Crippen LogP contribution in [0, 0.1) is 20.8 Å². The normalized spacial score (nSPS) is 15.2. The molecule has 4 heterocycles. The third-order valence-electron chi connectivity index (χ3n) is 6.13. The van der Waals surface area contributed by atoms with Gasteiger partial charge in [0, 0.05) is 63.8 Å². The van der Waals surface area contributed by atoms with Crippen LogP contribution in [-0.4, -0.2) is 66.4 Å². The van der Waals surface area contributed by atoms with Crippen molar-refractivity contribution >= 4 is 16.9 Å². The van der Waals surface area contributed by atoms with Gasteiger partial charge >= 0.3 is 0 Å². The largest absolute Gasteiger partial charge is 0.336 e. The Morgan fingerprint density at radius 1 is 1.06 bits per heavy atom. The minimum atomic E-state index is 0.0887. The molecule has 0 spiro atoms. The highest BCUT2D eigenvalue weighted by Gasteiger charge is 2.26. The molecule has 0 aliphatic carbocycles. The molecule has 8 heteroatoms. The third kappa shape index (κ3) is 4.35. The summed E-state index contributed by atoms with van der Waals surface area (Å²) < 4.78 is 3.83. The minimum absolute atomic E-state index is 0.0887. The number of unbranched alkanes of at least 4 members (excludes halogenated alkanes) is 1. The van der Waals surface area contributed by atoms with Crippen molar-refractivity contribution in [3.05, 3.63) is 40.5 Å². The Morgan fingerprint density at radius 2 is 1.81 bits per heavy atom. The Labute approximate surface area is 183 Å². The number of carbonyl (C=O) groups excluding carboxylic acids is 1. The fourth-order valence-electron chi connectivity index (χ4n) is 4.44. The van der Waals surface area contributed by atoms with Gasteiger partial charge in [0.15, 0.2) is 5.65 Å². The fraction of sp³-hybridized carbons (Fsp3) is 0.565. The fourth-order valence-corrected chi connectivity index (χ4v) is 4.44. The molecule has 0 radical (unpaired) electrons. The molecule has 0 N–H and O–H groups in total. The maximum atomic E-state index is 13.5. The summed E-state index contributed by atoms with van der Waals surface area (Å²) in [5, 5.41) is 10.0. The molecule has 3 aromatic heterocycles. The van der Waals surface area contributed by atoms with E-state index in [2.05, 4.69) is 30.0 Å². The Hall–Kier alpha value is -2.74. The molecule has 3 aromatic rings. The van der Waals surface area contributed by atoms with Crippen molar-refractivity contribution < 1.29 is 4.79 Å². The molecule has 0 saturated carbocycles. The van der Waals surface area contributed by atoms with E-state index in [4.69, 9.17) is 10.1 Å². The summed E-state index contributed by atoms with van der Waals surface area (Å²) in [5.41, 5.74) is 5.64. The first kappa shape index (κ1) is 21.5. The van der Waals surface area contributed by atoms with E-state index in [1.54, 1.807) is 0 Å². The van der Waals surface area contributed by atoms with Crippen LogP contribution in [-0.2, 0) is 20.1 Å². The molecule has 0 unspecified atom stereocenters. The molecular formula is C23H33N7O. The number of nitrogens with zero attached hydrogens (tertiary/aromatic N) is 7. The molecule has 0 atom stereocenters. The van der Waals surface area contributed by atoms with Crippen LogP contribution in [0.3, 0.4) is 0 Å². The number of fused-ring (bicyclic) bond motifs is 1. The van der Waals surface area contributed by atoms with Crippen LogP contribution in [0.5, 0.6) is 0 Å². The van der Waals surface area contributed by atoms with Crippen LogP contribution in [0.15, 0.2) is 12.3 Å². The van der Waals surface area contributed by atoms with Gasteiger partial charge in [0.05, 0.1) is 22.3 Å². The molecule has 166 valence electrons. The van der Waals surface area contributed by atoms with Crippen LogP contribution in [0.4, 0.5) is 0 Å². The van der Waals surface area contributed by atoms with Crippen molar-refractivity contribution in [2.24, 2.45) is 7.05 Å². The monoisotopic (exact) mass is 423 g/mol. The van der Waals surface area contributed by atoms with Gasteiger partial charge < -0.3 is 4.90 Å². The first-order valence-corrected chi connectivity index (χ1v) is 11.2. The lowest BCUT2D eigenvalue weighted by Crippen LogP contribution is -2.48. The number of aryl methyl sites for hydroxylation is 5. The zero-order valence-electron chi connectivity index (χ0n) is 19.4. The summed E-state index contributed by atoms with van der Waals surface area (Å²) in [5.74, 6) is 0.0887. The van der Waals surface area contributed by atoms with E-state index in [1.807, 2.05) is 41.2 Å². The highest BCUT2D eigenvalue weighted by Crippen LogP contribution is 2.24. The van der Waals surface area contributed by atoms with Crippen molar-refractivity contribution in [1.82, 2.24) is 34.3 Å². The van der Waals surface area contributed by atoms with Crippen molar-refractivity contribution in [2.75, 3.05) is 26.2 Å². The Bertz CT molecular complexity index is 1090. The Balaban J connectivity index is 1.51. The summed E-state index contributed by atoms with van der Waals surface area (Å²) in [6.07, 6.45) is 4.23. The van der Waals surface area contributed by atoms with Crippen LogP contribution in [0.1, 0.15) is 52.8 Å². The predicted octanol–water partition coefficient (Wildman–Crippen LogP) is 2.85. The molecule has 1 saturated heterocycles. The third-order valence-corrected chi connectivity index (χ3v) is 6.13. The molecule has 1 fully saturated rings. The van der Waals surface area contributed by atoms with Gasteiger partial charge in [0.2, 0.25) is 0 Å². The number of aromatic nitrogens is 5. The van der Waals surface area contributed by atoms with E-state index in [0.29, 0.717) is 0 Å². The summed E-state index contributed by atoms with van der Waals surface area (Å²) >= 11 is 0. The maximum absolute atomic E-state index is 13.5. The molecule has 31 heavy (non-hydrogen) atoms. The molecular weight excluding hydrogens is 390 g/mol. The Morgan fingerprint density at radius 3 is 2.45 bits per heavy atom. The van der Waals surface area contributed by atoms with E-state index in [9.17, 15) is 4.79 Å². The quantitative estimate of drug-likeness (QED) is 0.610. The first-order valence-electron chi connectivity index (χ1n) is 11.2. The lowest BCUT2D eigenvalue weighted by atomic mass is 10.1. The molecule has 1 amide bonds.